The normalized spacial score (nSPS) is 27.0. The lowest BCUT2D eigenvalue weighted by molar-refractivity contribution is -0.278. The van der Waals surface area contributed by atoms with Crippen molar-refractivity contribution in [3.8, 4) is 0 Å². The van der Waals surface area contributed by atoms with Gasteiger partial charge in [-0.05, 0) is 65.5 Å². The molecule has 2 aliphatic rings. The standard InChI is InChI=1S/C45H76O9Si3/c1-43(2,3)55(11,12)50-31-38-40(54-57(15,16)45(7,8)9)37(53-56(13,14)44(4,5)6)28-34(51-38)39(46)35-27-36(48-29-32-23-19-17-20-24-32)41(42(47-10)52-35)49-30-33-25-21-18-22-26-33/h17-26,34-38,40-42H,27-31H2,1-16H3/t34-,35+,36-,37+,38+,40-,41+,42-/m0/s1. The van der Waals surface area contributed by atoms with Crippen LogP contribution in [-0.4, -0.2) is 93.5 Å². The lowest BCUT2D eigenvalue weighted by atomic mass is 9.91. The monoisotopic (exact) mass is 844 g/mol. The second-order valence-corrected chi connectivity index (χ2v) is 35.0. The molecule has 2 aromatic carbocycles. The summed E-state index contributed by atoms with van der Waals surface area (Å²) in [4.78, 5) is 15.0. The van der Waals surface area contributed by atoms with Crippen LogP contribution in [-0.2, 0) is 55.0 Å². The molecule has 57 heavy (non-hydrogen) atoms. The molecule has 0 N–H and O–H groups in total. The van der Waals surface area contributed by atoms with Crippen molar-refractivity contribution < 1.29 is 41.8 Å². The molecule has 0 unspecified atom stereocenters. The van der Waals surface area contributed by atoms with E-state index in [1.807, 2.05) is 60.7 Å². The van der Waals surface area contributed by atoms with Crippen LogP contribution in [0.1, 0.15) is 86.3 Å². The highest BCUT2D eigenvalue weighted by atomic mass is 28.4. The number of benzene rings is 2. The van der Waals surface area contributed by atoms with Gasteiger partial charge < -0.3 is 37.0 Å². The Hall–Kier alpha value is -1.56. The van der Waals surface area contributed by atoms with Gasteiger partial charge in [0.05, 0.1) is 38.1 Å². The maximum absolute atomic E-state index is 15.0. The van der Waals surface area contributed by atoms with Crippen molar-refractivity contribution >= 4 is 30.7 Å². The summed E-state index contributed by atoms with van der Waals surface area (Å²) in [6.45, 7) is 34.8. The van der Waals surface area contributed by atoms with E-state index in [4.69, 9.17) is 37.0 Å². The van der Waals surface area contributed by atoms with E-state index >= 15 is 0 Å². The van der Waals surface area contributed by atoms with Gasteiger partial charge >= 0.3 is 0 Å². The number of ether oxygens (including phenoxy) is 5. The Morgan fingerprint density at radius 2 is 1.07 bits per heavy atom. The maximum Gasteiger partial charge on any atom is 0.192 e. The molecular formula is C45H76O9Si3. The quantitative estimate of drug-likeness (QED) is 0.153. The molecule has 12 heteroatoms. The summed E-state index contributed by atoms with van der Waals surface area (Å²) in [6, 6.07) is 20.0. The Bertz CT molecular complexity index is 1550. The first kappa shape index (κ1) is 48.1. The van der Waals surface area contributed by atoms with Crippen molar-refractivity contribution in [3.63, 3.8) is 0 Å². The zero-order chi connectivity index (χ0) is 42.6. The van der Waals surface area contributed by atoms with E-state index in [0.29, 0.717) is 26.2 Å². The van der Waals surface area contributed by atoms with E-state index in [9.17, 15) is 4.79 Å². The van der Waals surface area contributed by atoms with Crippen molar-refractivity contribution in [1.82, 2.24) is 0 Å². The van der Waals surface area contributed by atoms with Gasteiger partial charge in [-0.3, -0.25) is 4.79 Å². The van der Waals surface area contributed by atoms with Crippen LogP contribution in [0.15, 0.2) is 60.7 Å². The number of hydrogen-bond donors (Lipinski definition) is 0. The third-order valence-corrected chi connectivity index (χ3v) is 26.7. The summed E-state index contributed by atoms with van der Waals surface area (Å²) < 4.78 is 54.0. The molecule has 2 saturated heterocycles. The van der Waals surface area contributed by atoms with Gasteiger partial charge in [0.1, 0.15) is 24.4 Å². The van der Waals surface area contributed by atoms with E-state index in [0.717, 1.165) is 11.1 Å². The Labute approximate surface area is 348 Å². The van der Waals surface area contributed by atoms with Gasteiger partial charge in [-0.1, -0.05) is 123 Å². The average molecular weight is 845 g/mol. The van der Waals surface area contributed by atoms with Crippen molar-refractivity contribution in [2.24, 2.45) is 0 Å². The molecule has 0 bridgehead atoms. The van der Waals surface area contributed by atoms with Crippen molar-refractivity contribution in [2.75, 3.05) is 13.7 Å². The molecule has 0 amide bonds. The summed E-state index contributed by atoms with van der Waals surface area (Å²) in [5, 5.41) is -0.122. The smallest absolute Gasteiger partial charge is 0.192 e. The molecule has 2 aromatic rings. The molecule has 4 rings (SSSR count). The molecule has 0 aliphatic carbocycles. The summed E-state index contributed by atoms with van der Waals surface area (Å²) in [6.07, 6.45) is -4.26. The van der Waals surface area contributed by atoms with Crippen LogP contribution in [0.25, 0.3) is 0 Å². The first-order chi connectivity index (χ1) is 26.3. The first-order valence-electron chi connectivity index (χ1n) is 20.9. The Kier molecular flexibility index (Phi) is 16.0. The molecule has 322 valence electrons. The Morgan fingerprint density at radius 3 is 1.56 bits per heavy atom. The minimum Gasteiger partial charge on any atom is -0.414 e. The maximum atomic E-state index is 15.0. The number of Topliss-reactive ketones (excluding diaryl/α,β-unsaturated/α-hetero) is 1. The second kappa shape index (κ2) is 19.0. The minimum absolute atomic E-state index is 0.0112. The molecule has 9 nitrogen and oxygen atoms in total. The number of carbonyl (C=O) groups excluding carboxylic acids is 1. The van der Waals surface area contributed by atoms with E-state index in [1.165, 1.54) is 0 Å². The van der Waals surface area contributed by atoms with Crippen molar-refractivity contribution in [2.45, 2.75) is 192 Å². The van der Waals surface area contributed by atoms with E-state index < -0.39 is 67.9 Å². The average Bonchev–Trinajstić information content (AvgIpc) is 3.12. The molecule has 2 aliphatic heterocycles. The summed E-state index contributed by atoms with van der Waals surface area (Å²) in [7, 11) is -5.31. The highest BCUT2D eigenvalue weighted by Gasteiger charge is 2.53. The zero-order valence-electron chi connectivity index (χ0n) is 38.1. The van der Waals surface area contributed by atoms with Gasteiger partial charge in [0.25, 0.3) is 0 Å². The van der Waals surface area contributed by atoms with Gasteiger partial charge in [0.2, 0.25) is 0 Å². The summed E-state index contributed by atoms with van der Waals surface area (Å²) >= 11 is 0. The molecular weight excluding hydrogens is 769 g/mol. The van der Waals surface area contributed by atoms with Crippen LogP contribution >= 0.6 is 0 Å². The van der Waals surface area contributed by atoms with Gasteiger partial charge in [0.15, 0.2) is 37.0 Å². The third kappa shape index (κ3) is 12.5. The summed E-state index contributed by atoms with van der Waals surface area (Å²) in [5.74, 6) is -0.154. The molecule has 0 saturated carbocycles. The number of methoxy groups -OCH3 is 1. The SMILES string of the molecule is CO[C@H]1O[C@@H](C(=O)[C@@H]2C[C@@H](O[Si](C)(C)C(C)(C)C)[C@H](O[Si](C)(C)C(C)(C)C)[C@@H](CO[Si](C)(C)C(C)(C)C)O2)C[C@H](OCc2ccccc2)[C@H]1OCc1ccccc1. The van der Waals surface area contributed by atoms with Crippen LogP contribution in [0.5, 0.6) is 0 Å². The third-order valence-electron chi connectivity index (χ3n) is 13.3. The van der Waals surface area contributed by atoms with Crippen molar-refractivity contribution in [3.05, 3.63) is 71.8 Å². The minimum atomic E-state index is -2.35. The Morgan fingerprint density at radius 1 is 0.614 bits per heavy atom. The molecule has 0 spiro atoms. The van der Waals surface area contributed by atoms with Crippen LogP contribution in [0, 0.1) is 0 Å². The first-order valence-corrected chi connectivity index (χ1v) is 29.7. The summed E-state index contributed by atoms with van der Waals surface area (Å²) in [5.41, 5.74) is 2.05. The predicted molar refractivity (Wildman–Crippen MR) is 236 cm³/mol. The van der Waals surface area contributed by atoms with Crippen LogP contribution < -0.4 is 0 Å². The zero-order valence-corrected chi connectivity index (χ0v) is 41.1. The van der Waals surface area contributed by atoms with Gasteiger partial charge in [0, 0.05) is 20.0 Å². The van der Waals surface area contributed by atoms with E-state index in [-0.39, 0.29) is 33.4 Å². The van der Waals surface area contributed by atoms with Crippen molar-refractivity contribution in [1.29, 1.82) is 0 Å². The lowest BCUT2D eigenvalue weighted by Crippen LogP contribution is -2.63. The molecule has 2 fully saturated rings. The van der Waals surface area contributed by atoms with E-state index in [1.54, 1.807) is 7.11 Å². The fourth-order valence-corrected chi connectivity index (χ4v) is 10.1. The highest BCUT2D eigenvalue weighted by molar-refractivity contribution is 6.75. The molecule has 2 heterocycles. The topological polar surface area (TPSA) is 90.9 Å². The second-order valence-electron chi connectivity index (χ2n) is 20.7. The molecule has 0 aromatic heterocycles. The Balaban J connectivity index is 1.69. The van der Waals surface area contributed by atoms with E-state index in [2.05, 4.69) is 102 Å². The van der Waals surface area contributed by atoms with Crippen LogP contribution in [0.3, 0.4) is 0 Å². The highest BCUT2D eigenvalue weighted by Crippen LogP contribution is 2.44. The molecule has 0 radical (unpaired) electrons. The fourth-order valence-electron chi connectivity index (χ4n) is 6.38. The largest absolute Gasteiger partial charge is 0.414 e. The fraction of sp³-hybridized carbons (Fsp3) is 0.711. The number of ketones is 1. The molecule has 8 atom stereocenters. The van der Waals surface area contributed by atoms with Gasteiger partial charge in [-0.2, -0.15) is 0 Å². The number of rotatable bonds is 16. The van der Waals surface area contributed by atoms with Crippen LogP contribution in [0.2, 0.25) is 54.4 Å². The van der Waals surface area contributed by atoms with Crippen LogP contribution in [0.4, 0.5) is 0 Å². The predicted octanol–water partition coefficient (Wildman–Crippen LogP) is 10.4. The van der Waals surface area contributed by atoms with Gasteiger partial charge in [-0.25, -0.2) is 0 Å². The number of carbonyl (C=O) groups is 1. The number of hydrogen-bond acceptors (Lipinski definition) is 9. The van der Waals surface area contributed by atoms with Gasteiger partial charge in [-0.15, -0.1) is 0 Å². The lowest BCUT2D eigenvalue weighted by Gasteiger charge is -2.51.